The predicted molar refractivity (Wildman–Crippen MR) is 62.2 cm³/mol. The third-order valence-electron chi connectivity index (χ3n) is 1.87. The van der Waals surface area contributed by atoms with Crippen molar-refractivity contribution in [1.29, 1.82) is 0 Å². The molecule has 0 atom stereocenters. The lowest BCUT2D eigenvalue weighted by atomic mass is 10.4. The molecule has 6 heteroatoms. The summed E-state index contributed by atoms with van der Waals surface area (Å²) >= 11 is 0. The Morgan fingerprint density at radius 3 is 2.88 bits per heavy atom. The summed E-state index contributed by atoms with van der Waals surface area (Å²) in [6.07, 6.45) is 5.50. The molecule has 0 saturated carbocycles. The van der Waals surface area contributed by atoms with Crippen molar-refractivity contribution in [1.82, 2.24) is 20.2 Å². The summed E-state index contributed by atoms with van der Waals surface area (Å²) in [4.78, 5) is 21.2. The lowest BCUT2D eigenvalue weighted by molar-refractivity contribution is 0.251. The van der Waals surface area contributed by atoms with Crippen LogP contribution in [0.5, 0.6) is 0 Å². The van der Waals surface area contributed by atoms with Crippen molar-refractivity contribution in [3.8, 4) is 0 Å². The number of anilines is 1. The summed E-state index contributed by atoms with van der Waals surface area (Å²) in [6.45, 7) is 1.59. The van der Waals surface area contributed by atoms with Crippen molar-refractivity contribution >= 4 is 11.8 Å². The highest BCUT2D eigenvalue weighted by Crippen LogP contribution is 1.95. The Morgan fingerprint density at radius 2 is 2.25 bits per heavy atom. The lowest BCUT2D eigenvalue weighted by Crippen LogP contribution is -2.31. The number of carbonyl (C=O) groups excluding carboxylic acids is 1. The zero-order valence-electron chi connectivity index (χ0n) is 9.60. The lowest BCUT2D eigenvalue weighted by Gasteiger charge is -2.10. The van der Waals surface area contributed by atoms with Crippen molar-refractivity contribution < 1.29 is 4.79 Å². The van der Waals surface area contributed by atoms with Crippen LogP contribution in [0.3, 0.4) is 0 Å². The van der Waals surface area contributed by atoms with E-state index in [0.29, 0.717) is 12.4 Å². The van der Waals surface area contributed by atoms with Gasteiger partial charge in [0.25, 0.3) is 0 Å². The monoisotopic (exact) mass is 223 g/mol. The maximum atomic E-state index is 11.4. The maximum Gasteiger partial charge on any atom is 0.320 e. The Morgan fingerprint density at radius 1 is 1.44 bits per heavy atom. The summed E-state index contributed by atoms with van der Waals surface area (Å²) in [6, 6.07) is -0.251. The second-order valence-electron chi connectivity index (χ2n) is 3.63. The molecular formula is C10H17N5O. The minimum absolute atomic E-state index is 0.251. The van der Waals surface area contributed by atoms with E-state index in [1.807, 2.05) is 14.1 Å². The van der Waals surface area contributed by atoms with Crippen LogP contribution in [0.4, 0.5) is 10.6 Å². The van der Waals surface area contributed by atoms with Gasteiger partial charge in [0.05, 0.1) is 6.20 Å². The molecule has 16 heavy (non-hydrogen) atoms. The molecule has 88 valence electrons. The van der Waals surface area contributed by atoms with Crippen LogP contribution in [0, 0.1) is 0 Å². The molecule has 1 heterocycles. The minimum Gasteiger partial charge on any atom is -0.338 e. The molecule has 6 nitrogen and oxygen atoms in total. The molecule has 0 fully saturated rings. The van der Waals surface area contributed by atoms with E-state index >= 15 is 0 Å². The highest BCUT2D eigenvalue weighted by Gasteiger charge is 2.01. The van der Waals surface area contributed by atoms with Gasteiger partial charge in [0, 0.05) is 18.9 Å². The van der Waals surface area contributed by atoms with E-state index in [4.69, 9.17) is 0 Å². The first kappa shape index (κ1) is 12.4. The molecule has 2 N–H and O–H groups in total. The van der Waals surface area contributed by atoms with Crippen LogP contribution in [0.1, 0.15) is 6.42 Å². The summed E-state index contributed by atoms with van der Waals surface area (Å²) in [7, 11) is 4.00. The van der Waals surface area contributed by atoms with Gasteiger partial charge >= 0.3 is 6.03 Å². The normalized spacial score (nSPS) is 10.2. The smallest absolute Gasteiger partial charge is 0.320 e. The number of carbonyl (C=O) groups is 1. The Labute approximate surface area is 95.1 Å². The maximum absolute atomic E-state index is 11.4. The van der Waals surface area contributed by atoms with Crippen molar-refractivity contribution in [2.45, 2.75) is 6.42 Å². The average Bonchev–Trinajstić information content (AvgIpc) is 2.25. The zero-order valence-corrected chi connectivity index (χ0v) is 9.60. The summed E-state index contributed by atoms with van der Waals surface area (Å²) in [5, 5.41) is 5.33. The Balaban J connectivity index is 2.17. The molecule has 0 aliphatic heterocycles. The molecular weight excluding hydrogens is 206 g/mol. The van der Waals surface area contributed by atoms with E-state index in [1.54, 1.807) is 6.20 Å². The number of rotatable bonds is 5. The van der Waals surface area contributed by atoms with E-state index in [9.17, 15) is 4.79 Å². The van der Waals surface area contributed by atoms with Gasteiger partial charge in [-0.2, -0.15) is 0 Å². The van der Waals surface area contributed by atoms with E-state index < -0.39 is 0 Å². The summed E-state index contributed by atoms with van der Waals surface area (Å²) in [5.74, 6) is 0.451. The van der Waals surface area contributed by atoms with Crippen LogP contribution in [-0.4, -0.2) is 48.1 Å². The molecule has 0 aromatic carbocycles. The van der Waals surface area contributed by atoms with Crippen molar-refractivity contribution in [3.05, 3.63) is 18.6 Å². The Kier molecular flexibility index (Phi) is 5.21. The van der Waals surface area contributed by atoms with Crippen molar-refractivity contribution in [2.24, 2.45) is 0 Å². The number of hydrogen-bond donors (Lipinski definition) is 2. The standard InChI is InChI=1S/C10H17N5O/c1-15(2)7-3-4-13-10(16)14-9-8-11-5-6-12-9/h5-6,8H,3-4,7H2,1-2H3,(H2,12,13,14,16). The van der Waals surface area contributed by atoms with Crippen LogP contribution in [0.25, 0.3) is 0 Å². The summed E-state index contributed by atoms with van der Waals surface area (Å²) in [5.41, 5.74) is 0. The molecule has 0 bridgehead atoms. The minimum atomic E-state index is -0.251. The van der Waals surface area contributed by atoms with Crippen LogP contribution in [0.2, 0.25) is 0 Å². The van der Waals surface area contributed by atoms with E-state index in [2.05, 4.69) is 25.5 Å². The van der Waals surface area contributed by atoms with Crippen molar-refractivity contribution in [3.63, 3.8) is 0 Å². The first-order valence-corrected chi connectivity index (χ1v) is 5.14. The fraction of sp³-hybridized carbons (Fsp3) is 0.500. The van der Waals surface area contributed by atoms with Gasteiger partial charge in [-0.1, -0.05) is 0 Å². The van der Waals surface area contributed by atoms with Gasteiger partial charge in [-0.15, -0.1) is 0 Å². The number of amides is 2. The first-order valence-electron chi connectivity index (χ1n) is 5.14. The topological polar surface area (TPSA) is 70.2 Å². The zero-order chi connectivity index (χ0) is 11.8. The number of hydrogen-bond acceptors (Lipinski definition) is 4. The van der Waals surface area contributed by atoms with Crippen LogP contribution in [-0.2, 0) is 0 Å². The molecule has 0 aliphatic rings. The van der Waals surface area contributed by atoms with Gasteiger partial charge < -0.3 is 10.2 Å². The van der Waals surface area contributed by atoms with Gasteiger partial charge in [-0.25, -0.2) is 9.78 Å². The summed E-state index contributed by atoms with van der Waals surface area (Å²) < 4.78 is 0. The Hall–Kier alpha value is -1.69. The quantitative estimate of drug-likeness (QED) is 0.715. The van der Waals surface area contributed by atoms with Crippen molar-refractivity contribution in [2.75, 3.05) is 32.5 Å². The predicted octanol–water partition coefficient (Wildman–Crippen LogP) is 0.550. The van der Waals surface area contributed by atoms with Gasteiger partial charge in [-0.3, -0.25) is 10.3 Å². The van der Waals surface area contributed by atoms with Gasteiger partial charge in [0.2, 0.25) is 0 Å². The molecule has 0 aliphatic carbocycles. The molecule has 0 spiro atoms. The van der Waals surface area contributed by atoms with E-state index in [1.165, 1.54) is 12.4 Å². The second kappa shape index (κ2) is 6.73. The van der Waals surface area contributed by atoms with E-state index in [-0.39, 0.29) is 6.03 Å². The molecule has 2 amide bonds. The number of urea groups is 1. The average molecular weight is 223 g/mol. The first-order chi connectivity index (χ1) is 7.68. The number of nitrogens with zero attached hydrogens (tertiary/aromatic N) is 3. The van der Waals surface area contributed by atoms with Gasteiger partial charge in [0.15, 0.2) is 5.82 Å². The third-order valence-corrected chi connectivity index (χ3v) is 1.87. The van der Waals surface area contributed by atoms with Gasteiger partial charge in [0.1, 0.15) is 0 Å². The number of nitrogens with one attached hydrogen (secondary N) is 2. The van der Waals surface area contributed by atoms with Crippen LogP contribution in [0.15, 0.2) is 18.6 Å². The fourth-order valence-electron chi connectivity index (χ4n) is 1.12. The van der Waals surface area contributed by atoms with Crippen LogP contribution < -0.4 is 10.6 Å². The van der Waals surface area contributed by atoms with Gasteiger partial charge in [-0.05, 0) is 27.1 Å². The number of aromatic nitrogens is 2. The van der Waals surface area contributed by atoms with E-state index in [0.717, 1.165) is 13.0 Å². The third kappa shape index (κ3) is 5.26. The molecule has 1 aromatic heterocycles. The molecule has 1 aromatic rings. The molecule has 0 saturated heterocycles. The molecule has 0 radical (unpaired) electrons. The fourth-order valence-corrected chi connectivity index (χ4v) is 1.12. The second-order valence-corrected chi connectivity index (χ2v) is 3.63. The molecule has 0 unspecified atom stereocenters. The highest BCUT2D eigenvalue weighted by molar-refractivity contribution is 5.87. The largest absolute Gasteiger partial charge is 0.338 e. The Bertz CT molecular complexity index is 314. The van der Waals surface area contributed by atoms with Crippen LogP contribution >= 0.6 is 0 Å². The SMILES string of the molecule is CN(C)CCCNC(=O)Nc1cnccn1. The highest BCUT2D eigenvalue weighted by atomic mass is 16.2. The molecule has 1 rings (SSSR count).